The molecule has 176 valence electrons. The van der Waals surface area contributed by atoms with E-state index in [1.54, 1.807) is 42.6 Å². The molecule has 0 bridgehead atoms. The monoisotopic (exact) mass is 486 g/mol. The second-order valence-corrected chi connectivity index (χ2v) is 8.83. The summed E-state index contributed by atoms with van der Waals surface area (Å²) >= 11 is 1.21. The van der Waals surface area contributed by atoms with Gasteiger partial charge >= 0.3 is 5.69 Å². The van der Waals surface area contributed by atoms with Gasteiger partial charge in [0.2, 0.25) is 5.91 Å². The van der Waals surface area contributed by atoms with E-state index in [-0.39, 0.29) is 12.5 Å². The topological polar surface area (TPSA) is 95.2 Å². The minimum absolute atomic E-state index is 0.236. The molecule has 0 saturated carbocycles. The van der Waals surface area contributed by atoms with Crippen molar-refractivity contribution in [1.29, 1.82) is 0 Å². The second-order valence-electron chi connectivity index (χ2n) is 7.83. The SMILES string of the molecule is CCOc1ccc(-n2c(=O)c3sc4ncccc4c3n(CC(=O)NCc3ccccc3)c2=O)cc1. The van der Waals surface area contributed by atoms with E-state index in [4.69, 9.17) is 4.74 Å². The standard InChI is InChI=1S/C26H22N4O4S/c1-2-34-19-12-10-18(11-13-19)30-25(32)23-22(20-9-6-14-27-24(20)35-23)29(26(30)33)16-21(31)28-15-17-7-4-3-5-8-17/h3-14H,2,15-16H2,1H3,(H,28,31). The van der Waals surface area contributed by atoms with Crippen LogP contribution in [0.1, 0.15) is 12.5 Å². The van der Waals surface area contributed by atoms with Crippen molar-refractivity contribution in [1.82, 2.24) is 19.4 Å². The Labute approximate surface area is 204 Å². The summed E-state index contributed by atoms with van der Waals surface area (Å²) in [6, 6.07) is 19.8. The number of rotatable bonds is 7. The van der Waals surface area contributed by atoms with Crippen LogP contribution >= 0.6 is 11.3 Å². The lowest BCUT2D eigenvalue weighted by atomic mass is 10.2. The molecule has 9 heteroatoms. The predicted octanol–water partition coefficient (Wildman–Crippen LogP) is 3.48. The van der Waals surface area contributed by atoms with Crippen LogP contribution in [-0.2, 0) is 17.9 Å². The number of nitrogens with one attached hydrogen (secondary N) is 1. The van der Waals surface area contributed by atoms with Crippen LogP contribution in [0.25, 0.3) is 26.1 Å². The molecule has 2 aromatic carbocycles. The number of amides is 1. The minimum Gasteiger partial charge on any atom is -0.494 e. The van der Waals surface area contributed by atoms with Gasteiger partial charge in [0.15, 0.2) is 0 Å². The first kappa shape index (κ1) is 22.5. The number of carbonyl (C=O) groups excluding carboxylic acids is 1. The molecular weight excluding hydrogens is 464 g/mol. The van der Waals surface area contributed by atoms with Gasteiger partial charge in [0.05, 0.1) is 17.8 Å². The van der Waals surface area contributed by atoms with Crippen LogP contribution in [0.15, 0.2) is 82.5 Å². The molecule has 35 heavy (non-hydrogen) atoms. The molecule has 0 saturated heterocycles. The Balaban J connectivity index is 1.62. The van der Waals surface area contributed by atoms with Gasteiger partial charge in [-0.1, -0.05) is 30.3 Å². The molecule has 3 heterocycles. The third-order valence-corrected chi connectivity index (χ3v) is 6.66. The van der Waals surface area contributed by atoms with E-state index >= 15 is 0 Å². The molecule has 0 atom stereocenters. The van der Waals surface area contributed by atoms with E-state index in [0.717, 1.165) is 10.1 Å². The van der Waals surface area contributed by atoms with Crippen molar-refractivity contribution in [3.8, 4) is 11.4 Å². The van der Waals surface area contributed by atoms with Crippen molar-refractivity contribution in [2.45, 2.75) is 20.0 Å². The fraction of sp³-hybridized carbons (Fsp3) is 0.154. The van der Waals surface area contributed by atoms with Gasteiger partial charge in [0, 0.05) is 18.1 Å². The molecule has 8 nitrogen and oxygen atoms in total. The quantitative estimate of drug-likeness (QED) is 0.380. The lowest BCUT2D eigenvalue weighted by Gasteiger charge is -2.13. The Morgan fingerprint density at radius 2 is 1.80 bits per heavy atom. The van der Waals surface area contributed by atoms with Gasteiger partial charge in [-0.15, -0.1) is 11.3 Å². The highest BCUT2D eigenvalue weighted by molar-refractivity contribution is 7.25. The van der Waals surface area contributed by atoms with Gasteiger partial charge in [0.25, 0.3) is 5.56 Å². The Bertz CT molecular complexity index is 1640. The molecule has 0 spiro atoms. The number of aromatic nitrogens is 3. The summed E-state index contributed by atoms with van der Waals surface area (Å²) in [5.41, 5.74) is 0.727. The van der Waals surface area contributed by atoms with Gasteiger partial charge in [-0.25, -0.2) is 14.3 Å². The van der Waals surface area contributed by atoms with Crippen molar-refractivity contribution in [3.05, 3.63) is 99.3 Å². The summed E-state index contributed by atoms with van der Waals surface area (Å²) in [7, 11) is 0. The van der Waals surface area contributed by atoms with Crippen LogP contribution in [0.5, 0.6) is 5.75 Å². The first-order valence-electron chi connectivity index (χ1n) is 11.1. The van der Waals surface area contributed by atoms with E-state index in [1.165, 1.54) is 15.9 Å². The van der Waals surface area contributed by atoms with Crippen molar-refractivity contribution < 1.29 is 9.53 Å². The molecule has 0 aliphatic rings. The zero-order valence-corrected chi connectivity index (χ0v) is 19.7. The van der Waals surface area contributed by atoms with Crippen LogP contribution in [0, 0.1) is 0 Å². The molecule has 5 aromatic rings. The Kier molecular flexibility index (Phi) is 6.15. The molecule has 3 aromatic heterocycles. The maximum atomic E-state index is 13.7. The van der Waals surface area contributed by atoms with Crippen molar-refractivity contribution in [2.24, 2.45) is 0 Å². The summed E-state index contributed by atoms with van der Waals surface area (Å²) < 4.78 is 8.29. The summed E-state index contributed by atoms with van der Waals surface area (Å²) in [5, 5.41) is 3.52. The van der Waals surface area contributed by atoms with E-state index in [0.29, 0.717) is 45.0 Å². The first-order chi connectivity index (χ1) is 17.1. The van der Waals surface area contributed by atoms with Gasteiger partial charge in [-0.05, 0) is 48.9 Å². The van der Waals surface area contributed by atoms with Crippen molar-refractivity contribution >= 4 is 37.7 Å². The highest BCUT2D eigenvalue weighted by Crippen LogP contribution is 2.29. The average Bonchev–Trinajstić information content (AvgIpc) is 3.27. The molecule has 0 radical (unpaired) electrons. The number of thiophene rings is 1. The molecule has 0 fully saturated rings. The number of fused-ring (bicyclic) bond motifs is 3. The van der Waals surface area contributed by atoms with E-state index in [9.17, 15) is 14.4 Å². The molecule has 1 amide bonds. The van der Waals surface area contributed by atoms with Crippen LogP contribution in [0.4, 0.5) is 0 Å². The van der Waals surface area contributed by atoms with E-state index in [1.807, 2.05) is 37.3 Å². The fourth-order valence-electron chi connectivity index (χ4n) is 3.97. The van der Waals surface area contributed by atoms with E-state index in [2.05, 4.69) is 10.3 Å². The molecular formula is C26H22N4O4S. The maximum Gasteiger partial charge on any atom is 0.336 e. The number of hydrogen-bond donors (Lipinski definition) is 1. The Morgan fingerprint density at radius 3 is 2.54 bits per heavy atom. The van der Waals surface area contributed by atoms with Gasteiger partial charge in [0.1, 0.15) is 21.8 Å². The lowest BCUT2D eigenvalue weighted by Crippen LogP contribution is -2.41. The largest absolute Gasteiger partial charge is 0.494 e. The van der Waals surface area contributed by atoms with Crippen LogP contribution < -0.4 is 21.3 Å². The van der Waals surface area contributed by atoms with Crippen LogP contribution in [0.2, 0.25) is 0 Å². The summed E-state index contributed by atoms with van der Waals surface area (Å²) in [4.78, 5) is 45.0. The molecule has 5 rings (SSSR count). The predicted molar refractivity (Wildman–Crippen MR) is 136 cm³/mol. The third-order valence-electron chi connectivity index (χ3n) is 5.57. The van der Waals surface area contributed by atoms with Crippen LogP contribution in [0.3, 0.4) is 0 Å². The van der Waals surface area contributed by atoms with Crippen LogP contribution in [-0.4, -0.2) is 26.6 Å². The zero-order chi connectivity index (χ0) is 24.4. The maximum absolute atomic E-state index is 13.7. The Hall–Kier alpha value is -4.24. The van der Waals surface area contributed by atoms with Gasteiger partial charge < -0.3 is 10.1 Å². The number of carbonyl (C=O) groups is 1. The highest BCUT2D eigenvalue weighted by Gasteiger charge is 2.21. The number of ether oxygens (including phenoxy) is 1. The number of benzene rings is 2. The summed E-state index contributed by atoms with van der Waals surface area (Å²) in [5.74, 6) is 0.300. The first-order valence-corrected chi connectivity index (χ1v) is 12.0. The van der Waals surface area contributed by atoms with Crippen molar-refractivity contribution in [2.75, 3.05) is 6.61 Å². The third kappa shape index (κ3) is 4.33. The summed E-state index contributed by atoms with van der Waals surface area (Å²) in [6.07, 6.45) is 1.64. The lowest BCUT2D eigenvalue weighted by molar-refractivity contribution is -0.121. The zero-order valence-electron chi connectivity index (χ0n) is 18.9. The average molecular weight is 487 g/mol. The van der Waals surface area contributed by atoms with Gasteiger partial charge in [-0.3, -0.25) is 14.2 Å². The molecule has 0 aliphatic heterocycles. The number of nitrogens with zero attached hydrogens (tertiary/aromatic N) is 3. The van der Waals surface area contributed by atoms with Crippen molar-refractivity contribution in [3.63, 3.8) is 0 Å². The Morgan fingerprint density at radius 1 is 1.03 bits per heavy atom. The molecule has 0 aliphatic carbocycles. The molecule has 0 unspecified atom stereocenters. The smallest absolute Gasteiger partial charge is 0.336 e. The number of pyridine rings is 1. The second kappa shape index (κ2) is 9.55. The minimum atomic E-state index is -0.593. The normalized spacial score (nSPS) is 11.1. The van der Waals surface area contributed by atoms with E-state index < -0.39 is 11.2 Å². The fourth-order valence-corrected chi connectivity index (χ4v) is 5.04. The highest BCUT2D eigenvalue weighted by atomic mass is 32.1. The molecule has 1 N–H and O–H groups in total. The van der Waals surface area contributed by atoms with Gasteiger partial charge in [-0.2, -0.15) is 0 Å². The number of hydrogen-bond acceptors (Lipinski definition) is 6. The summed E-state index contributed by atoms with van der Waals surface area (Å²) in [6.45, 7) is 2.48.